The van der Waals surface area contributed by atoms with E-state index in [4.69, 9.17) is 25.8 Å². The molecule has 2 saturated heterocycles. The number of fused-ring (bicyclic) bond motifs is 1. The highest BCUT2D eigenvalue weighted by Gasteiger charge is 2.47. The summed E-state index contributed by atoms with van der Waals surface area (Å²) in [5.41, 5.74) is 0. The van der Waals surface area contributed by atoms with E-state index in [1.54, 1.807) is 0 Å². The Morgan fingerprint density at radius 1 is 1.14 bits per heavy atom. The molecule has 80 valence electrons. The molecule has 0 radical (unpaired) electrons. The lowest BCUT2D eigenvalue weighted by Crippen LogP contribution is -2.27. The Hall–Kier alpha value is 0.170. The summed E-state index contributed by atoms with van der Waals surface area (Å²) >= 11 is 5.72. The highest BCUT2D eigenvalue weighted by Crippen LogP contribution is 2.42. The molecule has 0 aromatic carbocycles. The molecule has 0 bridgehead atoms. The second-order valence-electron chi connectivity index (χ2n) is 4.40. The number of halogens is 1. The summed E-state index contributed by atoms with van der Waals surface area (Å²) in [6, 6.07) is 0. The van der Waals surface area contributed by atoms with Crippen molar-refractivity contribution in [3.8, 4) is 0 Å². The number of hydrogen-bond donors (Lipinski definition) is 0. The molecule has 14 heavy (non-hydrogen) atoms. The lowest BCUT2D eigenvalue weighted by atomic mass is 9.89. The average Bonchev–Trinajstić information content (AvgIpc) is 2.84. The van der Waals surface area contributed by atoms with Gasteiger partial charge in [0.15, 0.2) is 6.29 Å². The van der Waals surface area contributed by atoms with E-state index in [9.17, 15) is 0 Å². The molecule has 4 heteroatoms. The first-order valence-corrected chi connectivity index (χ1v) is 5.89. The molecule has 1 saturated carbocycles. The second-order valence-corrected chi connectivity index (χ2v) is 4.71. The Morgan fingerprint density at radius 2 is 2.07 bits per heavy atom. The number of ether oxygens (including phenoxy) is 3. The Balaban J connectivity index is 1.55. The van der Waals surface area contributed by atoms with Crippen LogP contribution < -0.4 is 0 Å². The van der Waals surface area contributed by atoms with Crippen molar-refractivity contribution in [1.82, 2.24) is 0 Å². The van der Waals surface area contributed by atoms with Crippen LogP contribution in [0.4, 0.5) is 0 Å². The quantitative estimate of drug-likeness (QED) is 0.520. The van der Waals surface area contributed by atoms with Crippen molar-refractivity contribution in [1.29, 1.82) is 0 Å². The van der Waals surface area contributed by atoms with Crippen molar-refractivity contribution in [3.63, 3.8) is 0 Å². The molecular weight excluding hydrogens is 204 g/mol. The second kappa shape index (κ2) is 3.63. The van der Waals surface area contributed by atoms with Gasteiger partial charge in [-0.25, -0.2) is 0 Å². The fourth-order valence-electron chi connectivity index (χ4n) is 2.48. The third-order valence-corrected chi connectivity index (χ3v) is 3.72. The molecule has 2 aliphatic heterocycles. The molecular formula is C10H15ClO3. The summed E-state index contributed by atoms with van der Waals surface area (Å²) in [5, 5.41) is 0. The van der Waals surface area contributed by atoms with Crippen LogP contribution in [0.1, 0.15) is 19.3 Å². The largest absolute Gasteiger partial charge is 0.370 e. The number of rotatable bonds is 2. The van der Waals surface area contributed by atoms with Gasteiger partial charge in [0, 0.05) is 5.92 Å². The topological polar surface area (TPSA) is 31.0 Å². The molecule has 1 aliphatic carbocycles. The maximum Gasteiger partial charge on any atom is 0.161 e. The Bertz CT molecular complexity index is 223. The summed E-state index contributed by atoms with van der Waals surface area (Å²) in [7, 11) is 0. The molecule has 3 rings (SSSR count). The van der Waals surface area contributed by atoms with Crippen molar-refractivity contribution in [2.75, 3.05) is 12.5 Å². The molecule has 2 heterocycles. The standard InChI is InChI=1S/C10H15ClO3/c11-4-7-5-12-10(13-7)6-1-2-8-9(3-6)14-8/h6-10H,1-5H2/t6-,7+,8+,9+,10-/m1/s1. The van der Waals surface area contributed by atoms with Crippen LogP contribution in [0.2, 0.25) is 0 Å². The molecule has 0 aromatic rings. The summed E-state index contributed by atoms with van der Waals surface area (Å²) < 4.78 is 16.8. The predicted octanol–water partition coefficient (Wildman–Crippen LogP) is 1.53. The van der Waals surface area contributed by atoms with Crippen LogP contribution in [0.5, 0.6) is 0 Å². The Labute approximate surface area is 88.7 Å². The summed E-state index contributed by atoms with van der Waals surface area (Å²) in [4.78, 5) is 0. The van der Waals surface area contributed by atoms with E-state index in [0.717, 1.165) is 6.42 Å². The normalized spacial score (nSPS) is 51.6. The van der Waals surface area contributed by atoms with E-state index in [1.165, 1.54) is 12.8 Å². The van der Waals surface area contributed by atoms with Crippen LogP contribution in [-0.2, 0) is 14.2 Å². The van der Waals surface area contributed by atoms with E-state index >= 15 is 0 Å². The number of hydrogen-bond acceptors (Lipinski definition) is 3. The van der Waals surface area contributed by atoms with E-state index in [2.05, 4.69) is 0 Å². The van der Waals surface area contributed by atoms with Crippen molar-refractivity contribution in [2.45, 2.75) is 43.9 Å². The molecule has 0 aromatic heterocycles. The molecule has 3 nitrogen and oxygen atoms in total. The molecule has 0 amide bonds. The highest BCUT2D eigenvalue weighted by molar-refractivity contribution is 6.18. The van der Waals surface area contributed by atoms with Gasteiger partial charge in [0.1, 0.15) is 0 Å². The SMILES string of the molecule is ClC[C@H]1CO[C@@H]([C@@H]2CC[C@@H]3O[C@H]3C2)O1. The van der Waals surface area contributed by atoms with E-state index in [-0.39, 0.29) is 12.4 Å². The molecule has 0 spiro atoms. The van der Waals surface area contributed by atoms with Gasteiger partial charge in [-0.1, -0.05) is 0 Å². The maximum absolute atomic E-state index is 5.72. The molecule has 0 unspecified atom stereocenters. The summed E-state index contributed by atoms with van der Waals surface area (Å²) in [6.45, 7) is 0.652. The van der Waals surface area contributed by atoms with Gasteiger partial charge in [-0.3, -0.25) is 0 Å². The first-order valence-electron chi connectivity index (χ1n) is 5.35. The predicted molar refractivity (Wildman–Crippen MR) is 51.3 cm³/mol. The molecule has 3 aliphatic rings. The summed E-state index contributed by atoms with van der Waals surface area (Å²) in [5.74, 6) is 1.05. The zero-order chi connectivity index (χ0) is 9.54. The lowest BCUT2D eigenvalue weighted by Gasteiger charge is -2.23. The lowest BCUT2D eigenvalue weighted by molar-refractivity contribution is -0.100. The van der Waals surface area contributed by atoms with Crippen molar-refractivity contribution < 1.29 is 14.2 Å². The zero-order valence-corrected chi connectivity index (χ0v) is 8.78. The van der Waals surface area contributed by atoms with Crippen LogP contribution in [-0.4, -0.2) is 37.1 Å². The molecule has 0 N–H and O–H groups in total. The van der Waals surface area contributed by atoms with Crippen LogP contribution >= 0.6 is 11.6 Å². The van der Waals surface area contributed by atoms with Gasteiger partial charge in [-0.2, -0.15) is 0 Å². The fourth-order valence-corrected chi connectivity index (χ4v) is 2.64. The van der Waals surface area contributed by atoms with Crippen molar-refractivity contribution >= 4 is 11.6 Å². The van der Waals surface area contributed by atoms with Crippen LogP contribution in [0.3, 0.4) is 0 Å². The van der Waals surface area contributed by atoms with Gasteiger partial charge in [0.25, 0.3) is 0 Å². The van der Waals surface area contributed by atoms with Gasteiger partial charge in [0.05, 0.1) is 30.8 Å². The first-order chi connectivity index (χ1) is 6.86. The van der Waals surface area contributed by atoms with Crippen LogP contribution in [0.15, 0.2) is 0 Å². The minimum absolute atomic E-state index is 0.0242. The molecule has 3 fully saturated rings. The van der Waals surface area contributed by atoms with Gasteiger partial charge in [0.2, 0.25) is 0 Å². The third kappa shape index (κ3) is 1.67. The number of alkyl halides is 1. The minimum Gasteiger partial charge on any atom is -0.370 e. The van der Waals surface area contributed by atoms with Gasteiger partial charge >= 0.3 is 0 Å². The van der Waals surface area contributed by atoms with Gasteiger partial charge < -0.3 is 14.2 Å². The minimum atomic E-state index is -0.0242. The fraction of sp³-hybridized carbons (Fsp3) is 1.00. The smallest absolute Gasteiger partial charge is 0.161 e. The van der Waals surface area contributed by atoms with Crippen molar-refractivity contribution in [3.05, 3.63) is 0 Å². The van der Waals surface area contributed by atoms with E-state index in [0.29, 0.717) is 30.6 Å². The Morgan fingerprint density at radius 3 is 2.79 bits per heavy atom. The first kappa shape index (κ1) is 9.40. The third-order valence-electron chi connectivity index (χ3n) is 3.37. The van der Waals surface area contributed by atoms with E-state index < -0.39 is 0 Å². The Kier molecular flexibility index (Phi) is 2.44. The maximum atomic E-state index is 5.72. The monoisotopic (exact) mass is 218 g/mol. The van der Waals surface area contributed by atoms with E-state index in [1.807, 2.05) is 0 Å². The average molecular weight is 219 g/mol. The number of epoxide rings is 1. The van der Waals surface area contributed by atoms with Gasteiger partial charge in [-0.05, 0) is 19.3 Å². The highest BCUT2D eigenvalue weighted by atomic mass is 35.5. The van der Waals surface area contributed by atoms with Crippen LogP contribution in [0, 0.1) is 5.92 Å². The van der Waals surface area contributed by atoms with Crippen LogP contribution in [0.25, 0.3) is 0 Å². The summed E-state index contributed by atoms with van der Waals surface area (Å²) in [6.07, 6.45) is 4.56. The van der Waals surface area contributed by atoms with Gasteiger partial charge in [-0.15, -0.1) is 11.6 Å². The van der Waals surface area contributed by atoms with Crippen molar-refractivity contribution in [2.24, 2.45) is 5.92 Å². The zero-order valence-electron chi connectivity index (χ0n) is 8.02. The molecule has 5 atom stereocenters.